The van der Waals surface area contributed by atoms with Crippen LogP contribution in [-0.4, -0.2) is 59.0 Å². The van der Waals surface area contributed by atoms with Gasteiger partial charge in [0.15, 0.2) is 0 Å². The van der Waals surface area contributed by atoms with Gasteiger partial charge in [-0.3, -0.25) is 9.59 Å². The Balaban J connectivity index is 1.24. The van der Waals surface area contributed by atoms with Crippen LogP contribution >= 0.6 is 0 Å². The Kier molecular flexibility index (Phi) is 7.81. The standard InChI is InChI=1S/C28H36N2O3/c1-21-3-2-17-29(21)18-14-23-6-11-25(12-7-23)24-9-4-22(5-10-24)8-13-27(31)30-19-15-26(16-20-30)28(32)33/h4-7,9-12,21,26H,2-3,8,13-20H2,1H3,(H,32,33). The number of hydrogen-bond donors (Lipinski definition) is 1. The van der Waals surface area contributed by atoms with E-state index < -0.39 is 5.97 Å². The van der Waals surface area contributed by atoms with E-state index in [0.717, 1.165) is 24.6 Å². The Hall–Kier alpha value is -2.66. The normalized spacial score (nSPS) is 19.7. The van der Waals surface area contributed by atoms with Crippen LogP contribution in [0.3, 0.4) is 0 Å². The van der Waals surface area contributed by atoms with Gasteiger partial charge in [0, 0.05) is 32.1 Å². The number of amides is 1. The molecule has 2 aliphatic heterocycles. The minimum Gasteiger partial charge on any atom is -0.481 e. The highest BCUT2D eigenvalue weighted by Crippen LogP contribution is 2.23. The number of likely N-dealkylation sites (tertiary alicyclic amines) is 2. The second kappa shape index (κ2) is 11.0. The summed E-state index contributed by atoms with van der Waals surface area (Å²) in [5.74, 6) is -0.917. The molecule has 2 aliphatic rings. The smallest absolute Gasteiger partial charge is 0.306 e. The summed E-state index contributed by atoms with van der Waals surface area (Å²) >= 11 is 0. The molecule has 1 unspecified atom stereocenters. The molecule has 0 saturated carbocycles. The van der Waals surface area contributed by atoms with Crippen LogP contribution < -0.4 is 0 Å². The monoisotopic (exact) mass is 448 g/mol. The van der Waals surface area contributed by atoms with Crippen LogP contribution in [0.2, 0.25) is 0 Å². The van der Waals surface area contributed by atoms with E-state index in [1.54, 1.807) is 0 Å². The van der Waals surface area contributed by atoms with Gasteiger partial charge in [0.2, 0.25) is 5.91 Å². The van der Waals surface area contributed by atoms with Gasteiger partial charge in [-0.25, -0.2) is 0 Å². The predicted octanol–water partition coefficient (Wildman–Crippen LogP) is 4.64. The second-order valence-electron chi connectivity index (χ2n) is 9.66. The van der Waals surface area contributed by atoms with Crippen LogP contribution in [0, 0.1) is 5.92 Å². The number of aliphatic carboxylic acids is 1. The van der Waals surface area contributed by atoms with Crippen LogP contribution in [0.25, 0.3) is 11.1 Å². The van der Waals surface area contributed by atoms with Gasteiger partial charge in [-0.2, -0.15) is 0 Å². The number of aryl methyl sites for hydroxylation is 1. The van der Waals surface area contributed by atoms with Crippen molar-refractivity contribution >= 4 is 11.9 Å². The van der Waals surface area contributed by atoms with Crippen molar-refractivity contribution in [2.75, 3.05) is 26.2 Å². The van der Waals surface area contributed by atoms with E-state index in [2.05, 4.69) is 60.4 Å². The van der Waals surface area contributed by atoms with Gasteiger partial charge in [-0.1, -0.05) is 48.5 Å². The lowest BCUT2D eigenvalue weighted by atomic mass is 9.96. The maximum Gasteiger partial charge on any atom is 0.306 e. The molecule has 5 heteroatoms. The Morgan fingerprint density at radius 2 is 1.42 bits per heavy atom. The third-order valence-electron chi connectivity index (χ3n) is 7.44. The van der Waals surface area contributed by atoms with E-state index in [0.29, 0.717) is 38.8 Å². The average molecular weight is 449 g/mol. The first-order valence-corrected chi connectivity index (χ1v) is 12.4. The van der Waals surface area contributed by atoms with Gasteiger partial charge >= 0.3 is 5.97 Å². The van der Waals surface area contributed by atoms with Crippen molar-refractivity contribution in [2.24, 2.45) is 5.92 Å². The number of rotatable bonds is 8. The van der Waals surface area contributed by atoms with E-state index >= 15 is 0 Å². The number of carboxylic acid groups (broad SMARTS) is 1. The fraction of sp³-hybridized carbons (Fsp3) is 0.500. The van der Waals surface area contributed by atoms with Gasteiger partial charge in [-0.15, -0.1) is 0 Å². The summed E-state index contributed by atoms with van der Waals surface area (Å²) in [5, 5.41) is 9.10. The average Bonchev–Trinajstić information content (AvgIpc) is 3.26. The molecule has 33 heavy (non-hydrogen) atoms. The van der Waals surface area contributed by atoms with Crippen molar-refractivity contribution < 1.29 is 14.7 Å². The molecule has 4 rings (SSSR count). The van der Waals surface area contributed by atoms with Crippen LogP contribution in [0.15, 0.2) is 48.5 Å². The SMILES string of the molecule is CC1CCCN1CCc1ccc(-c2ccc(CCC(=O)N3CCC(C(=O)O)CC3)cc2)cc1. The van der Waals surface area contributed by atoms with Crippen molar-refractivity contribution in [3.05, 3.63) is 59.7 Å². The lowest BCUT2D eigenvalue weighted by Gasteiger charge is -2.30. The van der Waals surface area contributed by atoms with Gasteiger partial charge in [0.25, 0.3) is 0 Å². The molecule has 5 nitrogen and oxygen atoms in total. The lowest BCUT2D eigenvalue weighted by Crippen LogP contribution is -2.40. The molecule has 0 spiro atoms. The van der Waals surface area contributed by atoms with Crippen LogP contribution in [-0.2, 0) is 22.4 Å². The van der Waals surface area contributed by atoms with E-state index in [-0.39, 0.29) is 11.8 Å². The van der Waals surface area contributed by atoms with Gasteiger partial charge in [0.1, 0.15) is 0 Å². The highest BCUT2D eigenvalue weighted by atomic mass is 16.4. The number of nitrogens with zero attached hydrogens (tertiary/aromatic N) is 2. The van der Waals surface area contributed by atoms with E-state index in [9.17, 15) is 9.59 Å². The molecule has 1 atom stereocenters. The zero-order valence-corrected chi connectivity index (χ0v) is 19.7. The van der Waals surface area contributed by atoms with Gasteiger partial charge in [-0.05, 0) is 74.2 Å². The first kappa shape index (κ1) is 23.5. The molecule has 1 amide bonds. The second-order valence-corrected chi connectivity index (χ2v) is 9.66. The lowest BCUT2D eigenvalue weighted by molar-refractivity contribution is -0.145. The first-order valence-electron chi connectivity index (χ1n) is 12.4. The fourth-order valence-corrected chi connectivity index (χ4v) is 5.11. The summed E-state index contributed by atoms with van der Waals surface area (Å²) in [6.45, 7) is 5.83. The molecule has 2 saturated heterocycles. The minimum atomic E-state index is -0.742. The largest absolute Gasteiger partial charge is 0.481 e. The van der Waals surface area contributed by atoms with Crippen molar-refractivity contribution in [3.63, 3.8) is 0 Å². The zero-order chi connectivity index (χ0) is 23.2. The topological polar surface area (TPSA) is 60.9 Å². The summed E-state index contributed by atoms with van der Waals surface area (Å²) in [4.78, 5) is 28.0. The molecule has 1 N–H and O–H groups in total. The van der Waals surface area contributed by atoms with Crippen molar-refractivity contribution in [1.82, 2.24) is 9.80 Å². The number of carboxylic acids is 1. The molecule has 176 valence electrons. The molecule has 2 fully saturated rings. The molecular weight excluding hydrogens is 412 g/mol. The van der Waals surface area contributed by atoms with Gasteiger partial charge in [0.05, 0.1) is 5.92 Å². The third kappa shape index (κ3) is 6.23. The summed E-state index contributed by atoms with van der Waals surface area (Å²) < 4.78 is 0. The van der Waals surface area contributed by atoms with E-state index in [4.69, 9.17) is 5.11 Å². The van der Waals surface area contributed by atoms with Crippen LogP contribution in [0.4, 0.5) is 0 Å². The number of benzene rings is 2. The van der Waals surface area contributed by atoms with E-state index in [1.165, 1.54) is 36.1 Å². The Morgan fingerprint density at radius 1 is 0.848 bits per heavy atom. The maximum absolute atomic E-state index is 12.5. The molecule has 2 aromatic rings. The molecular formula is C28H36N2O3. The minimum absolute atomic E-state index is 0.127. The zero-order valence-electron chi connectivity index (χ0n) is 19.7. The van der Waals surface area contributed by atoms with Crippen molar-refractivity contribution in [2.45, 2.75) is 57.9 Å². The van der Waals surface area contributed by atoms with Gasteiger partial charge < -0.3 is 14.9 Å². The van der Waals surface area contributed by atoms with Crippen LogP contribution in [0.1, 0.15) is 50.2 Å². The third-order valence-corrected chi connectivity index (χ3v) is 7.44. The summed E-state index contributed by atoms with van der Waals surface area (Å²) in [7, 11) is 0. The predicted molar refractivity (Wildman–Crippen MR) is 131 cm³/mol. The van der Waals surface area contributed by atoms with E-state index in [1.807, 2.05) is 4.90 Å². The number of carbonyl (C=O) groups is 2. The molecule has 2 heterocycles. The Morgan fingerprint density at radius 3 is 1.94 bits per heavy atom. The molecule has 0 bridgehead atoms. The highest BCUT2D eigenvalue weighted by Gasteiger charge is 2.26. The maximum atomic E-state index is 12.5. The number of piperidine rings is 1. The van der Waals surface area contributed by atoms with Crippen LogP contribution in [0.5, 0.6) is 0 Å². The summed E-state index contributed by atoms with van der Waals surface area (Å²) in [5.41, 5.74) is 4.96. The molecule has 0 aliphatic carbocycles. The number of hydrogen-bond acceptors (Lipinski definition) is 3. The molecule has 0 radical (unpaired) electrons. The Labute approximate surface area is 197 Å². The van der Waals surface area contributed by atoms with Crippen molar-refractivity contribution in [3.8, 4) is 11.1 Å². The highest BCUT2D eigenvalue weighted by molar-refractivity contribution is 5.77. The molecule has 0 aromatic heterocycles. The molecule has 2 aromatic carbocycles. The first-order chi connectivity index (χ1) is 16.0. The quantitative estimate of drug-likeness (QED) is 0.639. The summed E-state index contributed by atoms with van der Waals surface area (Å²) in [6, 6.07) is 18.1. The number of carbonyl (C=O) groups excluding carboxylic acids is 1. The summed E-state index contributed by atoms with van der Waals surface area (Å²) in [6.07, 6.45) is 6.07. The van der Waals surface area contributed by atoms with Crippen molar-refractivity contribution in [1.29, 1.82) is 0 Å². The Bertz CT molecular complexity index is 931. The fourth-order valence-electron chi connectivity index (χ4n) is 5.11.